The molecule has 30 heavy (non-hydrogen) atoms. The Morgan fingerprint density at radius 1 is 1.07 bits per heavy atom. The minimum Gasteiger partial charge on any atom is -0.508 e. The highest BCUT2D eigenvalue weighted by atomic mass is 16.5. The number of fused-ring (bicyclic) bond motifs is 3. The van der Waals surface area contributed by atoms with Crippen molar-refractivity contribution >= 4 is 5.97 Å². The van der Waals surface area contributed by atoms with Crippen molar-refractivity contribution in [2.45, 2.75) is 50.5 Å². The lowest BCUT2D eigenvalue weighted by atomic mass is 9.62. The van der Waals surface area contributed by atoms with Gasteiger partial charge < -0.3 is 19.7 Å². The van der Waals surface area contributed by atoms with Crippen LogP contribution in [0.4, 0.5) is 0 Å². The van der Waals surface area contributed by atoms with E-state index >= 15 is 0 Å². The number of carboxylic acid groups (broad SMARTS) is 1. The number of carboxylic acids is 1. The van der Waals surface area contributed by atoms with E-state index in [9.17, 15) is 9.90 Å². The maximum atomic E-state index is 11.1. The molecule has 5 heteroatoms. The zero-order chi connectivity index (χ0) is 20.8. The van der Waals surface area contributed by atoms with Gasteiger partial charge in [-0.1, -0.05) is 18.2 Å². The summed E-state index contributed by atoms with van der Waals surface area (Å²) in [6.07, 6.45) is 7.20. The van der Waals surface area contributed by atoms with E-state index in [0.717, 1.165) is 62.9 Å². The average Bonchev–Trinajstić information content (AvgIpc) is 3.54. The second kappa shape index (κ2) is 7.31. The number of ether oxygens (including phenoxy) is 2. The molecule has 2 aliphatic heterocycles. The first-order chi connectivity index (χ1) is 14.5. The monoisotopic (exact) mass is 408 g/mol. The number of carbonyl (C=O) groups is 1. The lowest BCUT2D eigenvalue weighted by Crippen LogP contribution is -2.49. The van der Waals surface area contributed by atoms with Crippen molar-refractivity contribution in [1.82, 2.24) is 0 Å². The maximum Gasteiger partial charge on any atom is 0.306 e. The Balaban J connectivity index is 1.24. The Kier molecular flexibility index (Phi) is 4.73. The molecule has 2 aromatic carbocycles. The molecule has 0 unspecified atom stereocenters. The maximum absolute atomic E-state index is 11.1. The van der Waals surface area contributed by atoms with Crippen molar-refractivity contribution in [3.63, 3.8) is 0 Å². The van der Waals surface area contributed by atoms with Crippen LogP contribution in [0.1, 0.15) is 50.5 Å². The summed E-state index contributed by atoms with van der Waals surface area (Å²) in [5.41, 5.74) is 1.13. The van der Waals surface area contributed by atoms with Gasteiger partial charge in [0, 0.05) is 6.07 Å². The van der Waals surface area contributed by atoms with Gasteiger partial charge in [-0.05, 0) is 86.1 Å². The zero-order valence-corrected chi connectivity index (χ0v) is 17.0. The number of benzene rings is 2. The molecular weight excluding hydrogens is 380 g/mol. The second-order valence-electron chi connectivity index (χ2n) is 9.39. The lowest BCUT2D eigenvalue weighted by molar-refractivity contribution is -0.192. The zero-order valence-electron chi connectivity index (χ0n) is 17.0. The third kappa shape index (κ3) is 3.67. The molecule has 2 bridgehead atoms. The summed E-state index contributed by atoms with van der Waals surface area (Å²) >= 11 is 0. The molecule has 2 aliphatic carbocycles. The van der Waals surface area contributed by atoms with E-state index in [0.29, 0.717) is 11.7 Å². The van der Waals surface area contributed by atoms with Crippen molar-refractivity contribution in [1.29, 1.82) is 0 Å². The number of phenols is 1. The van der Waals surface area contributed by atoms with Crippen LogP contribution in [0.2, 0.25) is 0 Å². The van der Waals surface area contributed by atoms with Crippen LogP contribution in [-0.2, 0) is 15.1 Å². The van der Waals surface area contributed by atoms with Crippen LogP contribution in [0.25, 0.3) is 0 Å². The molecular formula is C25H28O5. The molecule has 2 atom stereocenters. The molecule has 2 saturated heterocycles. The van der Waals surface area contributed by atoms with Crippen LogP contribution in [0, 0.1) is 17.3 Å². The fourth-order valence-electron chi connectivity index (χ4n) is 5.35. The van der Waals surface area contributed by atoms with Gasteiger partial charge in [-0.25, -0.2) is 0 Å². The van der Waals surface area contributed by atoms with E-state index < -0.39 is 5.97 Å². The van der Waals surface area contributed by atoms with E-state index in [4.69, 9.17) is 14.6 Å². The van der Waals surface area contributed by atoms with Crippen molar-refractivity contribution in [2.75, 3.05) is 6.61 Å². The molecule has 4 aliphatic rings. The van der Waals surface area contributed by atoms with E-state index in [1.54, 1.807) is 18.2 Å². The van der Waals surface area contributed by atoms with Crippen LogP contribution in [-0.4, -0.2) is 22.8 Å². The van der Waals surface area contributed by atoms with Gasteiger partial charge in [-0.2, -0.15) is 0 Å². The predicted molar refractivity (Wildman–Crippen MR) is 112 cm³/mol. The summed E-state index contributed by atoms with van der Waals surface area (Å²) in [6, 6.07) is 14.9. The smallest absolute Gasteiger partial charge is 0.306 e. The number of phenolic OH excluding ortho intramolecular Hbond substituents is 1. The SMILES string of the molecule is O=C(O)[C@@H]1C[C@H]1CCC12CCC(c3cccc(Oc4cccc(O)c4)c3)(CC1)OC2. The van der Waals surface area contributed by atoms with E-state index in [1.165, 1.54) is 0 Å². The molecule has 0 spiro atoms. The van der Waals surface area contributed by atoms with Crippen molar-refractivity contribution in [3.05, 3.63) is 54.1 Å². The first kappa shape index (κ1) is 19.4. The standard InChI is InChI=1S/C25H28O5/c26-19-4-2-6-21(15-19)30-20-5-1-3-18(14-20)25-11-9-24(10-12-25,16-29-25)8-7-17-13-22(17)23(27)28/h1-6,14-15,17,22,26H,7-13,16H2,(H,27,28)/t17-,22-,24?,25?/m1/s1. The summed E-state index contributed by atoms with van der Waals surface area (Å²) < 4.78 is 12.4. The lowest BCUT2D eigenvalue weighted by Gasteiger charge is -2.53. The Labute approximate surface area is 176 Å². The van der Waals surface area contributed by atoms with Crippen molar-refractivity contribution in [2.24, 2.45) is 17.3 Å². The third-order valence-corrected chi connectivity index (χ3v) is 7.47. The first-order valence-corrected chi connectivity index (χ1v) is 10.9. The molecule has 2 N–H and O–H groups in total. The molecule has 4 fully saturated rings. The van der Waals surface area contributed by atoms with Crippen molar-refractivity contribution < 1.29 is 24.5 Å². The summed E-state index contributed by atoms with van der Waals surface area (Å²) in [5, 5.41) is 18.8. The largest absolute Gasteiger partial charge is 0.508 e. The molecule has 2 heterocycles. The second-order valence-corrected chi connectivity index (χ2v) is 9.39. The molecule has 158 valence electrons. The van der Waals surface area contributed by atoms with Gasteiger partial charge in [0.05, 0.1) is 18.1 Å². The molecule has 0 radical (unpaired) electrons. The minimum absolute atomic E-state index is 0.108. The number of rotatable bonds is 7. The summed E-state index contributed by atoms with van der Waals surface area (Å²) in [7, 11) is 0. The van der Waals surface area contributed by atoms with Crippen LogP contribution in [0.15, 0.2) is 48.5 Å². The van der Waals surface area contributed by atoms with E-state index in [2.05, 4.69) is 12.1 Å². The number of aromatic hydroxyl groups is 1. The van der Waals surface area contributed by atoms with Gasteiger partial charge in [-0.15, -0.1) is 0 Å². The Bertz CT molecular complexity index is 928. The highest BCUT2D eigenvalue weighted by Crippen LogP contribution is 2.57. The average molecular weight is 408 g/mol. The van der Waals surface area contributed by atoms with Gasteiger partial charge in [-0.3, -0.25) is 4.79 Å². The van der Waals surface area contributed by atoms with Crippen molar-refractivity contribution in [3.8, 4) is 17.2 Å². The van der Waals surface area contributed by atoms with Gasteiger partial charge in [0.2, 0.25) is 0 Å². The van der Waals surface area contributed by atoms with Crippen LogP contribution in [0.3, 0.4) is 0 Å². The van der Waals surface area contributed by atoms with E-state index in [-0.39, 0.29) is 22.7 Å². The Morgan fingerprint density at radius 2 is 1.80 bits per heavy atom. The van der Waals surface area contributed by atoms with Gasteiger partial charge in [0.25, 0.3) is 0 Å². The molecule has 0 aromatic heterocycles. The fraction of sp³-hybridized carbons (Fsp3) is 0.480. The fourth-order valence-corrected chi connectivity index (χ4v) is 5.35. The van der Waals surface area contributed by atoms with Crippen LogP contribution < -0.4 is 4.74 Å². The van der Waals surface area contributed by atoms with Crippen LogP contribution >= 0.6 is 0 Å². The number of aliphatic carboxylic acids is 1. The summed E-state index contributed by atoms with van der Waals surface area (Å²) in [5.74, 6) is 1.17. The van der Waals surface area contributed by atoms with E-state index in [1.807, 2.05) is 18.2 Å². The summed E-state index contributed by atoms with van der Waals surface area (Å²) in [6.45, 7) is 0.759. The van der Waals surface area contributed by atoms with Crippen LogP contribution in [0.5, 0.6) is 17.2 Å². The topological polar surface area (TPSA) is 76.0 Å². The number of hydrogen-bond donors (Lipinski definition) is 2. The predicted octanol–water partition coefficient (Wildman–Crippen LogP) is 5.47. The number of hydrogen-bond acceptors (Lipinski definition) is 4. The molecule has 0 amide bonds. The molecule has 2 saturated carbocycles. The normalized spacial score (nSPS) is 32.0. The first-order valence-electron chi connectivity index (χ1n) is 10.9. The van der Waals surface area contributed by atoms with Gasteiger partial charge >= 0.3 is 5.97 Å². The highest BCUT2D eigenvalue weighted by Gasteiger charge is 2.52. The van der Waals surface area contributed by atoms with Gasteiger partial charge in [0.1, 0.15) is 17.2 Å². The minimum atomic E-state index is -0.632. The molecule has 5 nitrogen and oxygen atoms in total. The summed E-state index contributed by atoms with van der Waals surface area (Å²) in [4.78, 5) is 11.1. The van der Waals surface area contributed by atoms with Gasteiger partial charge in [0.15, 0.2) is 0 Å². The highest BCUT2D eigenvalue weighted by molar-refractivity contribution is 5.73. The molecule has 2 aromatic rings. The quantitative estimate of drug-likeness (QED) is 0.635. The third-order valence-electron chi connectivity index (χ3n) is 7.47. The Hall–Kier alpha value is -2.53. The molecule has 6 rings (SSSR count). The Morgan fingerprint density at radius 3 is 2.43 bits per heavy atom.